The summed E-state index contributed by atoms with van der Waals surface area (Å²) in [6, 6.07) is -0.643. The molecule has 2 amide bonds. The van der Waals surface area contributed by atoms with Crippen molar-refractivity contribution < 1.29 is 9.59 Å². The highest BCUT2D eigenvalue weighted by Gasteiger charge is 2.36. The number of hydrogen-bond donors (Lipinski definition) is 2. The molecule has 2 aliphatic rings. The molecule has 2 saturated heterocycles. The van der Waals surface area contributed by atoms with Crippen LogP contribution >= 0.6 is 0 Å². The van der Waals surface area contributed by atoms with Crippen LogP contribution in [0.4, 0.5) is 17.8 Å². The third-order valence-electron chi connectivity index (χ3n) is 3.71. The predicted molar refractivity (Wildman–Crippen MR) is 75.5 cm³/mol. The third kappa shape index (κ3) is 2.58. The molecule has 0 aromatic carbocycles. The Labute approximate surface area is 121 Å². The monoisotopic (exact) mass is 291 g/mol. The van der Waals surface area contributed by atoms with Crippen molar-refractivity contribution in [3.8, 4) is 0 Å². The van der Waals surface area contributed by atoms with E-state index < -0.39 is 6.04 Å². The molecular weight excluding hydrogens is 274 g/mol. The molecule has 0 spiro atoms. The van der Waals surface area contributed by atoms with Crippen LogP contribution in [-0.4, -0.2) is 57.8 Å². The highest BCUT2D eigenvalue weighted by Crippen LogP contribution is 2.19. The number of nitrogens with one attached hydrogen (secondary N) is 1. The number of likely N-dealkylation sites (N-methyl/N-ethyl adjacent to an activating group) is 1. The van der Waals surface area contributed by atoms with E-state index in [0.29, 0.717) is 5.95 Å². The summed E-state index contributed by atoms with van der Waals surface area (Å²) in [6.45, 7) is 1.76. The largest absolute Gasteiger partial charge is 0.368 e. The molecule has 2 fully saturated rings. The van der Waals surface area contributed by atoms with Crippen LogP contribution in [0, 0.1) is 0 Å². The molecule has 1 atom stereocenters. The first-order chi connectivity index (χ1) is 10.0. The first-order valence-electron chi connectivity index (χ1n) is 6.88. The Morgan fingerprint density at radius 1 is 1.19 bits per heavy atom. The molecular formula is C12H17N7O2. The molecule has 9 nitrogen and oxygen atoms in total. The minimum atomic E-state index is -0.643. The molecule has 3 rings (SSSR count). The van der Waals surface area contributed by atoms with Crippen molar-refractivity contribution in [2.45, 2.75) is 25.3 Å². The van der Waals surface area contributed by atoms with Crippen LogP contribution in [-0.2, 0) is 9.59 Å². The van der Waals surface area contributed by atoms with Gasteiger partial charge in [-0.15, -0.1) is 0 Å². The number of carbonyl (C=O) groups is 2. The molecule has 1 aromatic heterocycles. The summed E-state index contributed by atoms with van der Waals surface area (Å²) in [4.78, 5) is 38.9. The van der Waals surface area contributed by atoms with Crippen LogP contribution in [0.15, 0.2) is 0 Å². The lowest BCUT2D eigenvalue weighted by Gasteiger charge is -2.17. The lowest BCUT2D eigenvalue weighted by atomic mass is 10.2. The number of nitrogen functional groups attached to an aromatic ring is 1. The predicted octanol–water partition coefficient (Wildman–Crippen LogP) is -0.777. The first-order valence-corrected chi connectivity index (χ1v) is 6.88. The van der Waals surface area contributed by atoms with Gasteiger partial charge in [0.15, 0.2) is 0 Å². The maximum absolute atomic E-state index is 11.9. The molecule has 2 aliphatic heterocycles. The van der Waals surface area contributed by atoms with E-state index in [1.165, 1.54) is 7.05 Å². The maximum Gasteiger partial charge on any atom is 0.252 e. The molecule has 3 N–H and O–H groups in total. The van der Waals surface area contributed by atoms with Gasteiger partial charge in [0.05, 0.1) is 6.42 Å². The van der Waals surface area contributed by atoms with E-state index in [9.17, 15) is 9.59 Å². The second-order valence-electron chi connectivity index (χ2n) is 5.20. The lowest BCUT2D eigenvalue weighted by Crippen LogP contribution is -2.32. The van der Waals surface area contributed by atoms with Crippen molar-refractivity contribution in [1.29, 1.82) is 0 Å². The number of amides is 2. The van der Waals surface area contributed by atoms with Crippen molar-refractivity contribution in [3.63, 3.8) is 0 Å². The SMILES string of the molecule is CN1C(=O)CC(Nc2nc(N)nc(N3CCCC3)n2)C1=O. The molecule has 0 aliphatic carbocycles. The number of carbonyl (C=O) groups excluding carboxylic acids is 2. The molecule has 0 bridgehead atoms. The van der Waals surface area contributed by atoms with E-state index in [1.807, 2.05) is 4.90 Å². The smallest absolute Gasteiger partial charge is 0.252 e. The highest BCUT2D eigenvalue weighted by molar-refractivity contribution is 6.06. The average Bonchev–Trinajstić information content (AvgIpc) is 3.05. The van der Waals surface area contributed by atoms with Crippen molar-refractivity contribution in [3.05, 3.63) is 0 Å². The Hall–Kier alpha value is -2.45. The van der Waals surface area contributed by atoms with Gasteiger partial charge >= 0.3 is 0 Å². The fraction of sp³-hybridized carbons (Fsp3) is 0.583. The second kappa shape index (κ2) is 5.15. The van der Waals surface area contributed by atoms with Crippen LogP contribution in [0.2, 0.25) is 0 Å². The fourth-order valence-electron chi connectivity index (χ4n) is 2.53. The quantitative estimate of drug-likeness (QED) is 0.697. The molecule has 1 unspecified atom stereocenters. The zero-order valence-corrected chi connectivity index (χ0v) is 11.7. The standard InChI is InChI=1S/C12H17N7O2/c1-18-8(20)6-7(9(18)21)14-11-15-10(13)16-12(17-11)19-4-2-3-5-19/h7H,2-6H2,1H3,(H3,13,14,15,16,17). The number of rotatable bonds is 3. The number of hydrogen-bond acceptors (Lipinski definition) is 8. The minimum absolute atomic E-state index is 0.0968. The molecule has 3 heterocycles. The number of aromatic nitrogens is 3. The molecule has 0 saturated carbocycles. The van der Waals surface area contributed by atoms with Crippen molar-refractivity contribution >= 4 is 29.7 Å². The minimum Gasteiger partial charge on any atom is -0.368 e. The Bertz CT molecular complexity index is 585. The highest BCUT2D eigenvalue weighted by atomic mass is 16.2. The average molecular weight is 291 g/mol. The zero-order chi connectivity index (χ0) is 15.0. The van der Waals surface area contributed by atoms with E-state index in [-0.39, 0.29) is 30.1 Å². The van der Waals surface area contributed by atoms with E-state index in [0.717, 1.165) is 30.8 Å². The number of likely N-dealkylation sites (tertiary alicyclic amines) is 1. The topological polar surface area (TPSA) is 117 Å². The number of nitrogens with zero attached hydrogens (tertiary/aromatic N) is 5. The Morgan fingerprint density at radius 2 is 1.90 bits per heavy atom. The van der Waals surface area contributed by atoms with E-state index >= 15 is 0 Å². The van der Waals surface area contributed by atoms with Crippen LogP contribution in [0.1, 0.15) is 19.3 Å². The van der Waals surface area contributed by atoms with Crippen LogP contribution in [0.25, 0.3) is 0 Å². The molecule has 1 aromatic rings. The summed E-state index contributed by atoms with van der Waals surface area (Å²) in [6.07, 6.45) is 2.28. The molecule has 0 radical (unpaired) electrons. The number of imide groups is 1. The summed E-state index contributed by atoms with van der Waals surface area (Å²) >= 11 is 0. The fourth-order valence-corrected chi connectivity index (χ4v) is 2.53. The van der Waals surface area contributed by atoms with Gasteiger partial charge < -0.3 is 16.0 Å². The van der Waals surface area contributed by atoms with Crippen molar-refractivity contribution in [2.24, 2.45) is 0 Å². The van der Waals surface area contributed by atoms with Gasteiger partial charge in [-0.1, -0.05) is 0 Å². The van der Waals surface area contributed by atoms with Gasteiger partial charge in [0.25, 0.3) is 5.91 Å². The van der Waals surface area contributed by atoms with Gasteiger partial charge in [-0.25, -0.2) is 0 Å². The van der Waals surface area contributed by atoms with Crippen LogP contribution in [0.5, 0.6) is 0 Å². The molecule has 112 valence electrons. The Morgan fingerprint density at radius 3 is 2.52 bits per heavy atom. The summed E-state index contributed by atoms with van der Waals surface area (Å²) in [5.41, 5.74) is 5.70. The van der Waals surface area contributed by atoms with Gasteiger partial charge in [-0.3, -0.25) is 14.5 Å². The van der Waals surface area contributed by atoms with Crippen molar-refractivity contribution in [2.75, 3.05) is 36.1 Å². The van der Waals surface area contributed by atoms with Gasteiger partial charge in [0.1, 0.15) is 6.04 Å². The van der Waals surface area contributed by atoms with Crippen LogP contribution < -0.4 is 16.0 Å². The molecule has 9 heteroatoms. The number of nitrogens with two attached hydrogens (primary N) is 1. The second-order valence-corrected chi connectivity index (χ2v) is 5.20. The Kier molecular flexibility index (Phi) is 3.32. The van der Waals surface area contributed by atoms with Gasteiger partial charge in [0.2, 0.25) is 23.8 Å². The molecule has 21 heavy (non-hydrogen) atoms. The number of anilines is 3. The van der Waals surface area contributed by atoms with Gasteiger partial charge in [-0.05, 0) is 12.8 Å². The summed E-state index contributed by atoms with van der Waals surface area (Å²) in [5.74, 6) is 0.319. The third-order valence-corrected chi connectivity index (χ3v) is 3.71. The Balaban J connectivity index is 1.79. The summed E-state index contributed by atoms with van der Waals surface area (Å²) in [5, 5.41) is 2.88. The summed E-state index contributed by atoms with van der Waals surface area (Å²) in [7, 11) is 1.46. The normalized spacial score (nSPS) is 22.2. The maximum atomic E-state index is 11.9. The zero-order valence-electron chi connectivity index (χ0n) is 11.7. The van der Waals surface area contributed by atoms with E-state index in [2.05, 4.69) is 20.3 Å². The van der Waals surface area contributed by atoms with Gasteiger partial charge in [-0.2, -0.15) is 15.0 Å². The van der Waals surface area contributed by atoms with Crippen LogP contribution in [0.3, 0.4) is 0 Å². The lowest BCUT2D eigenvalue weighted by molar-refractivity contribution is -0.136. The summed E-state index contributed by atoms with van der Waals surface area (Å²) < 4.78 is 0. The van der Waals surface area contributed by atoms with Gasteiger partial charge in [0, 0.05) is 20.1 Å². The first kappa shape index (κ1) is 13.5. The van der Waals surface area contributed by atoms with Crippen molar-refractivity contribution in [1.82, 2.24) is 19.9 Å². The van der Waals surface area contributed by atoms with E-state index in [4.69, 9.17) is 5.73 Å². The van der Waals surface area contributed by atoms with E-state index in [1.54, 1.807) is 0 Å².